The zero-order chi connectivity index (χ0) is 17.5. The lowest BCUT2D eigenvalue weighted by atomic mass is 10.1. The Morgan fingerprint density at radius 3 is 2.58 bits per heavy atom. The quantitative estimate of drug-likeness (QED) is 0.772. The molecule has 0 spiro atoms. The van der Waals surface area contributed by atoms with Crippen LogP contribution in [0, 0.1) is 13.8 Å². The van der Waals surface area contributed by atoms with Gasteiger partial charge in [-0.1, -0.05) is 23.7 Å². The minimum atomic E-state index is -0.591. The number of rotatable bonds is 7. The Labute approximate surface area is 147 Å². The average Bonchev–Trinajstić information content (AvgIpc) is 2.57. The third kappa shape index (κ3) is 5.17. The van der Waals surface area contributed by atoms with Crippen LogP contribution in [0.25, 0.3) is 0 Å². The molecule has 2 rings (SSSR count). The van der Waals surface area contributed by atoms with Gasteiger partial charge in [0, 0.05) is 5.02 Å². The van der Waals surface area contributed by atoms with Crippen molar-refractivity contribution in [2.24, 2.45) is 0 Å². The molecule has 1 atom stereocenters. The van der Waals surface area contributed by atoms with E-state index in [1.54, 1.807) is 31.2 Å². The van der Waals surface area contributed by atoms with E-state index >= 15 is 0 Å². The highest BCUT2D eigenvalue weighted by molar-refractivity contribution is 6.30. The van der Waals surface area contributed by atoms with E-state index in [0.717, 1.165) is 11.3 Å². The summed E-state index contributed by atoms with van der Waals surface area (Å²) >= 11 is 5.82. The normalized spacial score (nSPS) is 11.7. The summed E-state index contributed by atoms with van der Waals surface area (Å²) in [6.45, 7) is 6.59. The third-order valence-electron chi connectivity index (χ3n) is 3.71. The van der Waals surface area contributed by atoms with Gasteiger partial charge < -0.3 is 14.8 Å². The van der Waals surface area contributed by atoms with Crippen LogP contribution in [0.1, 0.15) is 18.1 Å². The molecule has 0 bridgehead atoms. The number of carbonyl (C=O) groups is 1. The van der Waals surface area contributed by atoms with Gasteiger partial charge >= 0.3 is 0 Å². The molecule has 5 heteroatoms. The van der Waals surface area contributed by atoms with E-state index < -0.39 is 6.10 Å². The summed E-state index contributed by atoms with van der Waals surface area (Å²) < 4.78 is 11.3. The lowest BCUT2D eigenvalue weighted by Gasteiger charge is -2.15. The maximum atomic E-state index is 12.0. The van der Waals surface area contributed by atoms with Gasteiger partial charge in [0.15, 0.2) is 6.10 Å². The number of hydrogen-bond acceptors (Lipinski definition) is 3. The lowest BCUT2D eigenvalue weighted by Crippen LogP contribution is -2.38. The second kappa shape index (κ2) is 8.60. The number of hydrogen-bond donors (Lipinski definition) is 1. The van der Waals surface area contributed by atoms with Crippen molar-refractivity contribution in [1.82, 2.24) is 5.32 Å². The van der Waals surface area contributed by atoms with Gasteiger partial charge in [-0.2, -0.15) is 0 Å². The van der Waals surface area contributed by atoms with E-state index in [-0.39, 0.29) is 5.91 Å². The van der Waals surface area contributed by atoms with E-state index in [4.69, 9.17) is 21.1 Å². The molecule has 0 heterocycles. The number of aryl methyl sites for hydroxylation is 1. The monoisotopic (exact) mass is 347 g/mol. The molecule has 0 aliphatic carbocycles. The third-order valence-corrected chi connectivity index (χ3v) is 3.96. The van der Waals surface area contributed by atoms with Crippen molar-refractivity contribution in [2.75, 3.05) is 13.2 Å². The second-order valence-corrected chi connectivity index (χ2v) is 5.99. The first-order valence-corrected chi connectivity index (χ1v) is 8.24. The maximum Gasteiger partial charge on any atom is 0.260 e. The lowest BCUT2D eigenvalue weighted by molar-refractivity contribution is -0.127. The van der Waals surface area contributed by atoms with Crippen molar-refractivity contribution in [3.05, 3.63) is 58.6 Å². The molecule has 128 valence electrons. The van der Waals surface area contributed by atoms with Crippen molar-refractivity contribution in [1.29, 1.82) is 0 Å². The molecule has 2 aromatic rings. The average molecular weight is 348 g/mol. The molecule has 0 fully saturated rings. The van der Waals surface area contributed by atoms with Crippen molar-refractivity contribution in [3.63, 3.8) is 0 Å². The highest BCUT2D eigenvalue weighted by Crippen LogP contribution is 2.20. The van der Waals surface area contributed by atoms with Gasteiger partial charge in [-0.15, -0.1) is 0 Å². The number of carbonyl (C=O) groups excluding carboxylic acids is 1. The minimum absolute atomic E-state index is 0.186. The van der Waals surface area contributed by atoms with Crippen LogP contribution in [0.15, 0.2) is 42.5 Å². The van der Waals surface area contributed by atoms with Gasteiger partial charge in [-0.05, 0) is 62.2 Å². The Bertz CT molecular complexity index is 686. The van der Waals surface area contributed by atoms with E-state index in [2.05, 4.69) is 5.32 Å². The van der Waals surface area contributed by atoms with Gasteiger partial charge in [-0.3, -0.25) is 4.79 Å². The predicted octanol–water partition coefficient (Wildman–Crippen LogP) is 3.92. The van der Waals surface area contributed by atoms with Crippen LogP contribution in [-0.4, -0.2) is 25.2 Å². The molecule has 4 nitrogen and oxygen atoms in total. The van der Waals surface area contributed by atoms with E-state index in [0.29, 0.717) is 23.9 Å². The molecule has 1 amide bonds. The summed E-state index contributed by atoms with van der Waals surface area (Å²) in [5, 5.41) is 3.43. The molecule has 0 saturated heterocycles. The van der Waals surface area contributed by atoms with Crippen molar-refractivity contribution >= 4 is 17.5 Å². The molecule has 0 aliphatic rings. The summed E-state index contributed by atoms with van der Waals surface area (Å²) in [6, 6.07) is 12.8. The van der Waals surface area contributed by atoms with Crippen LogP contribution < -0.4 is 14.8 Å². The molecule has 1 N–H and O–H groups in total. The Balaban J connectivity index is 1.74. The van der Waals surface area contributed by atoms with Crippen LogP contribution >= 0.6 is 11.6 Å². The molecule has 0 radical (unpaired) electrons. The Morgan fingerprint density at radius 1 is 1.17 bits per heavy atom. The molecule has 24 heavy (non-hydrogen) atoms. The highest BCUT2D eigenvalue weighted by Gasteiger charge is 2.14. The zero-order valence-electron chi connectivity index (χ0n) is 14.1. The Morgan fingerprint density at radius 2 is 1.88 bits per heavy atom. The van der Waals surface area contributed by atoms with Crippen LogP contribution in [0.5, 0.6) is 11.5 Å². The number of halogens is 1. The summed E-state index contributed by atoms with van der Waals surface area (Å²) in [4.78, 5) is 12.0. The van der Waals surface area contributed by atoms with Crippen LogP contribution in [0.2, 0.25) is 5.02 Å². The molecule has 0 aliphatic heterocycles. The van der Waals surface area contributed by atoms with E-state index in [9.17, 15) is 4.79 Å². The summed E-state index contributed by atoms with van der Waals surface area (Å²) in [7, 11) is 0. The fourth-order valence-corrected chi connectivity index (χ4v) is 2.26. The number of ether oxygens (including phenoxy) is 2. The van der Waals surface area contributed by atoms with Crippen molar-refractivity contribution in [3.8, 4) is 11.5 Å². The predicted molar refractivity (Wildman–Crippen MR) is 96.0 cm³/mol. The first-order valence-electron chi connectivity index (χ1n) is 7.86. The van der Waals surface area contributed by atoms with Gasteiger partial charge in [0.2, 0.25) is 0 Å². The van der Waals surface area contributed by atoms with Crippen LogP contribution in [0.4, 0.5) is 0 Å². The number of nitrogens with one attached hydrogen (secondary N) is 1. The first kappa shape index (κ1) is 18.1. The van der Waals surface area contributed by atoms with Gasteiger partial charge in [0.1, 0.15) is 18.1 Å². The summed E-state index contributed by atoms with van der Waals surface area (Å²) in [6.07, 6.45) is -0.591. The summed E-state index contributed by atoms with van der Waals surface area (Å²) in [5.74, 6) is 1.26. The molecule has 0 aromatic heterocycles. The van der Waals surface area contributed by atoms with Gasteiger partial charge in [0.05, 0.1) is 6.54 Å². The fraction of sp³-hybridized carbons (Fsp3) is 0.316. The number of benzene rings is 2. The molecule has 1 unspecified atom stereocenters. The Kier molecular flexibility index (Phi) is 6.50. The Hall–Kier alpha value is -2.20. The van der Waals surface area contributed by atoms with Gasteiger partial charge in [0.25, 0.3) is 5.91 Å². The smallest absolute Gasteiger partial charge is 0.260 e. The SMILES string of the molecule is Cc1cccc(OCCNC(=O)C(C)Oc2ccc(Cl)cc2)c1C. The summed E-state index contributed by atoms with van der Waals surface area (Å²) in [5.41, 5.74) is 2.30. The zero-order valence-corrected chi connectivity index (χ0v) is 14.9. The minimum Gasteiger partial charge on any atom is -0.491 e. The molecular formula is C19H22ClNO3. The first-order chi connectivity index (χ1) is 11.5. The molecule has 0 saturated carbocycles. The standard InChI is InChI=1S/C19H22ClNO3/c1-13-5-4-6-18(14(13)2)23-12-11-21-19(22)15(3)24-17-9-7-16(20)8-10-17/h4-10,15H,11-12H2,1-3H3,(H,21,22). The largest absolute Gasteiger partial charge is 0.491 e. The maximum absolute atomic E-state index is 12.0. The van der Waals surface area contributed by atoms with Crippen LogP contribution in [0.3, 0.4) is 0 Å². The second-order valence-electron chi connectivity index (χ2n) is 5.55. The fourth-order valence-electron chi connectivity index (χ4n) is 2.13. The highest BCUT2D eigenvalue weighted by atomic mass is 35.5. The van der Waals surface area contributed by atoms with Crippen molar-refractivity contribution in [2.45, 2.75) is 26.9 Å². The molecular weight excluding hydrogens is 326 g/mol. The molecule has 2 aromatic carbocycles. The van der Waals surface area contributed by atoms with Crippen molar-refractivity contribution < 1.29 is 14.3 Å². The topological polar surface area (TPSA) is 47.6 Å². The van der Waals surface area contributed by atoms with E-state index in [1.807, 2.05) is 32.0 Å². The van der Waals surface area contributed by atoms with Crippen LogP contribution in [-0.2, 0) is 4.79 Å². The number of amides is 1. The van der Waals surface area contributed by atoms with Gasteiger partial charge in [-0.25, -0.2) is 0 Å². The van der Waals surface area contributed by atoms with E-state index in [1.165, 1.54) is 5.56 Å².